The maximum absolute atomic E-state index is 12.5. The third-order valence-corrected chi connectivity index (χ3v) is 6.11. The number of ether oxygens (including phenoxy) is 2. The van der Waals surface area contributed by atoms with Gasteiger partial charge in [0, 0.05) is 43.8 Å². The molecule has 0 unspecified atom stereocenters. The van der Waals surface area contributed by atoms with Crippen LogP contribution in [0.15, 0.2) is 42.7 Å². The van der Waals surface area contributed by atoms with Crippen LogP contribution in [-0.4, -0.2) is 57.3 Å². The highest BCUT2D eigenvalue weighted by atomic mass is 16.5. The van der Waals surface area contributed by atoms with Crippen LogP contribution in [0.25, 0.3) is 16.8 Å². The summed E-state index contributed by atoms with van der Waals surface area (Å²) in [4.78, 5) is 18.6. The van der Waals surface area contributed by atoms with Crippen molar-refractivity contribution in [2.75, 3.05) is 19.7 Å². The summed E-state index contributed by atoms with van der Waals surface area (Å²) in [5, 5.41) is 4.29. The van der Waals surface area contributed by atoms with Gasteiger partial charge in [-0.3, -0.25) is 4.79 Å². The zero-order chi connectivity index (χ0) is 20.5. The fourth-order valence-electron chi connectivity index (χ4n) is 4.40. The van der Waals surface area contributed by atoms with Crippen LogP contribution in [0.2, 0.25) is 0 Å². The minimum absolute atomic E-state index is 0.137. The van der Waals surface area contributed by atoms with Crippen LogP contribution in [0.1, 0.15) is 31.4 Å². The number of benzene rings is 1. The van der Waals surface area contributed by atoms with Gasteiger partial charge in [0.1, 0.15) is 24.3 Å². The molecule has 0 radical (unpaired) electrons. The number of hydrogen-bond donors (Lipinski definition) is 0. The summed E-state index contributed by atoms with van der Waals surface area (Å²) >= 11 is 0. The fourth-order valence-corrected chi connectivity index (χ4v) is 4.40. The van der Waals surface area contributed by atoms with Gasteiger partial charge in [0.15, 0.2) is 5.65 Å². The summed E-state index contributed by atoms with van der Waals surface area (Å²) in [7, 11) is 0. The Hall–Kier alpha value is -2.93. The van der Waals surface area contributed by atoms with E-state index in [1.807, 2.05) is 34.5 Å². The Morgan fingerprint density at radius 2 is 1.90 bits per heavy atom. The number of likely N-dealkylation sites (tertiary alicyclic amines) is 1. The average Bonchev–Trinajstić information content (AvgIpc) is 3.47. The lowest BCUT2D eigenvalue weighted by Gasteiger charge is -2.33. The van der Waals surface area contributed by atoms with Gasteiger partial charge in [0.05, 0.1) is 0 Å². The first-order valence-electron chi connectivity index (χ1n) is 10.7. The SMILES string of the molecule is Cc1c(-c2ccc(OC3CCN(C(=O)[C@H]4CCCO4)CC3)cc2)ccc2ncnn12. The lowest BCUT2D eigenvalue weighted by Crippen LogP contribution is -2.45. The van der Waals surface area contributed by atoms with Gasteiger partial charge in [-0.2, -0.15) is 5.10 Å². The fraction of sp³-hybridized carbons (Fsp3) is 0.435. The quantitative estimate of drug-likeness (QED) is 0.665. The molecule has 1 amide bonds. The second kappa shape index (κ2) is 8.07. The Morgan fingerprint density at radius 1 is 1.10 bits per heavy atom. The topological polar surface area (TPSA) is 69.0 Å². The second-order valence-electron chi connectivity index (χ2n) is 8.03. The summed E-state index contributed by atoms with van der Waals surface area (Å²) in [5.74, 6) is 1.01. The van der Waals surface area contributed by atoms with Crippen LogP contribution in [-0.2, 0) is 9.53 Å². The third-order valence-electron chi connectivity index (χ3n) is 6.11. The molecule has 4 heterocycles. The molecule has 30 heavy (non-hydrogen) atoms. The van der Waals surface area contributed by atoms with Gasteiger partial charge in [-0.15, -0.1) is 0 Å². The predicted octanol–water partition coefficient (Wildman–Crippen LogP) is 3.25. The van der Waals surface area contributed by atoms with Crippen LogP contribution in [0.4, 0.5) is 0 Å². The number of piperidine rings is 1. The summed E-state index contributed by atoms with van der Waals surface area (Å²) in [5.41, 5.74) is 4.15. The van der Waals surface area contributed by atoms with E-state index in [1.54, 1.807) is 6.33 Å². The largest absolute Gasteiger partial charge is 0.490 e. The van der Waals surface area contributed by atoms with Crippen molar-refractivity contribution in [1.82, 2.24) is 19.5 Å². The molecule has 7 heteroatoms. The number of carbonyl (C=O) groups excluding carboxylic acids is 1. The Bertz CT molecular complexity index is 1030. The van der Waals surface area contributed by atoms with Crippen molar-refractivity contribution in [3.8, 4) is 16.9 Å². The van der Waals surface area contributed by atoms with Gasteiger partial charge in [0.2, 0.25) is 0 Å². The molecular formula is C23H26N4O3. The van der Waals surface area contributed by atoms with Crippen LogP contribution < -0.4 is 4.74 Å². The zero-order valence-corrected chi connectivity index (χ0v) is 17.2. The highest BCUT2D eigenvalue weighted by Gasteiger charge is 2.31. The standard InChI is InChI=1S/C23H26N4O3/c1-16-20(8-9-22-24-15-25-27(16)22)17-4-6-18(7-5-17)30-19-10-12-26(13-11-19)23(28)21-3-2-14-29-21/h4-9,15,19,21H,2-3,10-14H2,1H3/t21-/m1/s1. The van der Waals surface area contributed by atoms with Crippen molar-refractivity contribution in [3.63, 3.8) is 0 Å². The third kappa shape index (κ3) is 3.65. The van der Waals surface area contributed by atoms with E-state index in [4.69, 9.17) is 9.47 Å². The van der Waals surface area contributed by atoms with Crippen molar-refractivity contribution < 1.29 is 14.3 Å². The van der Waals surface area contributed by atoms with E-state index in [1.165, 1.54) is 0 Å². The van der Waals surface area contributed by atoms with Gasteiger partial charge >= 0.3 is 0 Å². The number of fused-ring (bicyclic) bond motifs is 1. The molecule has 5 rings (SSSR count). The predicted molar refractivity (Wildman–Crippen MR) is 112 cm³/mol. The smallest absolute Gasteiger partial charge is 0.251 e. The second-order valence-corrected chi connectivity index (χ2v) is 8.03. The van der Waals surface area contributed by atoms with Gasteiger partial charge in [-0.05, 0) is 49.6 Å². The van der Waals surface area contributed by atoms with Crippen LogP contribution >= 0.6 is 0 Å². The van der Waals surface area contributed by atoms with Crippen molar-refractivity contribution in [2.45, 2.75) is 44.8 Å². The van der Waals surface area contributed by atoms with E-state index in [2.05, 4.69) is 28.3 Å². The first-order valence-corrected chi connectivity index (χ1v) is 10.7. The molecule has 2 aliphatic rings. The number of hydrogen-bond acceptors (Lipinski definition) is 5. The van der Waals surface area contributed by atoms with Gasteiger partial charge < -0.3 is 14.4 Å². The van der Waals surface area contributed by atoms with E-state index in [0.29, 0.717) is 6.61 Å². The van der Waals surface area contributed by atoms with Crippen LogP contribution in [0, 0.1) is 6.92 Å². The van der Waals surface area contributed by atoms with Crippen molar-refractivity contribution in [2.24, 2.45) is 0 Å². The summed E-state index contributed by atoms with van der Waals surface area (Å²) in [6.45, 7) is 4.22. The molecule has 2 aromatic heterocycles. The van der Waals surface area contributed by atoms with Crippen molar-refractivity contribution in [1.29, 1.82) is 0 Å². The maximum atomic E-state index is 12.5. The lowest BCUT2D eigenvalue weighted by molar-refractivity contribution is -0.142. The molecule has 1 atom stereocenters. The highest BCUT2D eigenvalue weighted by molar-refractivity contribution is 5.81. The van der Waals surface area contributed by atoms with Gasteiger partial charge in [-0.1, -0.05) is 12.1 Å². The molecule has 156 valence electrons. The highest BCUT2D eigenvalue weighted by Crippen LogP contribution is 2.27. The molecule has 3 aromatic rings. The minimum atomic E-state index is -0.227. The Labute approximate surface area is 175 Å². The first-order chi connectivity index (χ1) is 14.7. The van der Waals surface area contributed by atoms with Crippen LogP contribution in [0.3, 0.4) is 0 Å². The molecule has 2 saturated heterocycles. The monoisotopic (exact) mass is 406 g/mol. The van der Waals surface area contributed by atoms with Gasteiger partial charge in [-0.25, -0.2) is 9.50 Å². The molecule has 7 nitrogen and oxygen atoms in total. The molecule has 2 aliphatic heterocycles. The Kier molecular flexibility index (Phi) is 5.12. The molecule has 0 N–H and O–H groups in total. The molecular weight excluding hydrogens is 380 g/mol. The summed E-state index contributed by atoms with van der Waals surface area (Å²) in [6, 6.07) is 12.3. The molecule has 0 spiro atoms. The molecule has 0 aliphatic carbocycles. The molecule has 2 fully saturated rings. The molecule has 0 saturated carbocycles. The first kappa shape index (κ1) is 19.1. The van der Waals surface area contributed by atoms with E-state index in [-0.39, 0.29) is 18.1 Å². The average molecular weight is 406 g/mol. The number of pyridine rings is 1. The summed E-state index contributed by atoms with van der Waals surface area (Å²) in [6.07, 6.45) is 5.02. The summed E-state index contributed by atoms with van der Waals surface area (Å²) < 4.78 is 13.6. The number of aryl methyl sites for hydroxylation is 1. The minimum Gasteiger partial charge on any atom is -0.490 e. The number of carbonyl (C=O) groups is 1. The Balaban J connectivity index is 1.20. The molecule has 1 aromatic carbocycles. The number of aromatic nitrogens is 3. The normalized spacial score (nSPS) is 20.0. The van der Waals surface area contributed by atoms with E-state index in [9.17, 15) is 4.79 Å². The maximum Gasteiger partial charge on any atom is 0.251 e. The van der Waals surface area contributed by atoms with E-state index >= 15 is 0 Å². The molecule has 0 bridgehead atoms. The van der Waals surface area contributed by atoms with Gasteiger partial charge in [0.25, 0.3) is 5.91 Å². The Morgan fingerprint density at radius 3 is 2.63 bits per heavy atom. The van der Waals surface area contributed by atoms with Crippen molar-refractivity contribution >= 4 is 11.6 Å². The zero-order valence-electron chi connectivity index (χ0n) is 17.2. The van der Waals surface area contributed by atoms with Crippen LogP contribution in [0.5, 0.6) is 5.75 Å². The number of amides is 1. The van der Waals surface area contributed by atoms with E-state index < -0.39 is 0 Å². The van der Waals surface area contributed by atoms with Crippen molar-refractivity contribution in [3.05, 3.63) is 48.4 Å². The number of rotatable bonds is 4. The van der Waals surface area contributed by atoms with E-state index in [0.717, 1.165) is 67.0 Å². The number of nitrogens with zero attached hydrogens (tertiary/aromatic N) is 4. The lowest BCUT2D eigenvalue weighted by atomic mass is 10.0.